The van der Waals surface area contributed by atoms with Crippen LogP contribution in [0.15, 0.2) is 36.4 Å². The summed E-state index contributed by atoms with van der Waals surface area (Å²) in [5.41, 5.74) is 5.05. The minimum atomic E-state index is -0.544. The molecule has 1 aliphatic rings. The molecule has 28 heavy (non-hydrogen) atoms. The number of benzene rings is 2. The molecule has 150 valence electrons. The van der Waals surface area contributed by atoms with Crippen molar-refractivity contribution in [3.8, 4) is 11.5 Å². The van der Waals surface area contributed by atoms with Crippen LogP contribution in [0.25, 0.3) is 0 Å². The zero-order chi connectivity index (χ0) is 20.1. The van der Waals surface area contributed by atoms with Crippen LogP contribution in [0, 0.1) is 13.8 Å². The van der Waals surface area contributed by atoms with Crippen LogP contribution >= 0.6 is 0 Å². The molecule has 1 amide bonds. The highest BCUT2D eigenvalue weighted by molar-refractivity contribution is 5.81. The van der Waals surface area contributed by atoms with Crippen molar-refractivity contribution >= 4 is 5.91 Å². The fourth-order valence-corrected chi connectivity index (χ4v) is 3.53. The Morgan fingerprint density at radius 3 is 2.64 bits per heavy atom. The first-order valence-corrected chi connectivity index (χ1v) is 10.2. The number of aryl methyl sites for hydroxylation is 3. The summed E-state index contributed by atoms with van der Waals surface area (Å²) in [6, 6.07) is 12.1. The summed E-state index contributed by atoms with van der Waals surface area (Å²) >= 11 is 0. The Kier molecular flexibility index (Phi) is 6.61. The molecule has 0 heterocycles. The molecule has 2 aromatic carbocycles. The quantitative estimate of drug-likeness (QED) is 0.766. The van der Waals surface area contributed by atoms with E-state index in [2.05, 4.69) is 25.2 Å². The number of hydrogen-bond donors (Lipinski definition) is 1. The van der Waals surface area contributed by atoms with Crippen LogP contribution in [0.1, 0.15) is 48.9 Å². The molecule has 0 saturated heterocycles. The molecular formula is C24H31NO3. The largest absolute Gasteiger partial charge is 0.491 e. The maximum atomic E-state index is 12.5. The Morgan fingerprint density at radius 2 is 1.86 bits per heavy atom. The predicted molar refractivity (Wildman–Crippen MR) is 112 cm³/mol. The number of rotatable bonds is 7. The van der Waals surface area contributed by atoms with Gasteiger partial charge in [0.25, 0.3) is 5.91 Å². The first-order chi connectivity index (χ1) is 13.4. The molecule has 1 N–H and O–H groups in total. The highest BCUT2D eigenvalue weighted by Crippen LogP contribution is 2.30. The number of fused-ring (bicyclic) bond motifs is 1. The number of ether oxygens (including phenoxy) is 2. The smallest absolute Gasteiger partial charge is 0.261 e. The molecule has 2 atom stereocenters. The van der Waals surface area contributed by atoms with Crippen LogP contribution in [0.4, 0.5) is 0 Å². The van der Waals surface area contributed by atoms with Gasteiger partial charge in [-0.25, -0.2) is 0 Å². The van der Waals surface area contributed by atoms with Gasteiger partial charge in [0.05, 0.1) is 6.04 Å². The number of nitrogens with one attached hydrogen (secondary N) is 1. The zero-order valence-corrected chi connectivity index (χ0v) is 17.4. The molecule has 4 heteroatoms. The van der Waals surface area contributed by atoms with Crippen molar-refractivity contribution in [2.75, 3.05) is 6.61 Å². The van der Waals surface area contributed by atoms with Crippen LogP contribution in [0.2, 0.25) is 0 Å². The second kappa shape index (κ2) is 9.13. The van der Waals surface area contributed by atoms with Crippen molar-refractivity contribution in [1.29, 1.82) is 0 Å². The van der Waals surface area contributed by atoms with Crippen molar-refractivity contribution in [2.45, 2.75) is 65.5 Å². The van der Waals surface area contributed by atoms with E-state index in [0.29, 0.717) is 6.61 Å². The highest BCUT2D eigenvalue weighted by atomic mass is 16.5. The van der Waals surface area contributed by atoms with Crippen LogP contribution in [-0.2, 0) is 17.6 Å². The maximum Gasteiger partial charge on any atom is 0.261 e. The Balaban J connectivity index is 1.51. The average Bonchev–Trinajstić information content (AvgIpc) is 2.69. The van der Waals surface area contributed by atoms with E-state index in [-0.39, 0.29) is 11.9 Å². The number of carbonyl (C=O) groups is 1. The zero-order valence-electron chi connectivity index (χ0n) is 17.4. The summed E-state index contributed by atoms with van der Waals surface area (Å²) in [6.07, 6.45) is 3.99. The van der Waals surface area contributed by atoms with Gasteiger partial charge in [-0.2, -0.15) is 0 Å². The Bertz CT molecular complexity index is 831. The molecule has 4 nitrogen and oxygen atoms in total. The van der Waals surface area contributed by atoms with Crippen molar-refractivity contribution in [3.63, 3.8) is 0 Å². The van der Waals surface area contributed by atoms with E-state index in [1.54, 1.807) is 6.92 Å². The lowest BCUT2D eigenvalue weighted by Gasteiger charge is -2.23. The van der Waals surface area contributed by atoms with Crippen molar-refractivity contribution in [3.05, 3.63) is 58.7 Å². The fourth-order valence-electron chi connectivity index (χ4n) is 3.53. The van der Waals surface area contributed by atoms with E-state index in [1.165, 1.54) is 35.1 Å². The van der Waals surface area contributed by atoms with Gasteiger partial charge < -0.3 is 14.8 Å². The van der Waals surface area contributed by atoms with E-state index in [4.69, 9.17) is 9.47 Å². The normalized spacial score (nSPS) is 15.3. The van der Waals surface area contributed by atoms with Gasteiger partial charge in [-0.05, 0) is 93.8 Å². The second-order valence-electron chi connectivity index (χ2n) is 7.83. The van der Waals surface area contributed by atoms with Gasteiger partial charge in [0.2, 0.25) is 0 Å². The monoisotopic (exact) mass is 381 g/mol. The summed E-state index contributed by atoms with van der Waals surface area (Å²) < 4.78 is 11.8. The van der Waals surface area contributed by atoms with Gasteiger partial charge in [0.15, 0.2) is 6.10 Å². The van der Waals surface area contributed by atoms with Gasteiger partial charge >= 0.3 is 0 Å². The van der Waals surface area contributed by atoms with Crippen LogP contribution < -0.4 is 14.8 Å². The lowest BCUT2D eigenvalue weighted by atomic mass is 9.91. The Morgan fingerprint density at radius 1 is 1.07 bits per heavy atom. The lowest BCUT2D eigenvalue weighted by molar-refractivity contribution is -0.128. The summed E-state index contributed by atoms with van der Waals surface area (Å²) in [6.45, 7) is 8.30. The Hall–Kier alpha value is -2.49. The average molecular weight is 382 g/mol. The molecule has 0 saturated carbocycles. The van der Waals surface area contributed by atoms with Crippen molar-refractivity contribution in [1.82, 2.24) is 5.32 Å². The SMILES string of the molecule is Cc1ccc(OC[C@@H](C)NC(=O)[C@H](C)Oc2cccc3c2CCCC3)cc1C. The van der Waals surface area contributed by atoms with Gasteiger partial charge in [0, 0.05) is 0 Å². The van der Waals surface area contributed by atoms with Gasteiger partial charge in [-0.3, -0.25) is 4.79 Å². The molecule has 3 rings (SSSR count). The fraction of sp³-hybridized carbons (Fsp3) is 0.458. The highest BCUT2D eigenvalue weighted by Gasteiger charge is 2.20. The third-order valence-corrected chi connectivity index (χ3v) is 5.39. The molecule has 0 fully saturated rings. The van der Waals surface area contributed by atoms with Gasteiger partial charge in [-0.15, -0.1) is 0 Å². The van der Waals surface area contributed by atoms with E-state index >= 15 is 0 Å². The Labute approximate surface area is 168 Å². The van der Waals surface area contributed by atoms with Crippen molar-refractivity contribution in [2.24, 2.45) is 0 Å². The second-order valence-corrected chi connectivity index (χ2v) is 7.83. The van der Waals surface area contributed by atoms with Crippen LogP contribution in [0.3, 0.4) is 0 Å². The molecule has 2 aromatic rings. The summed E-state index contributed by atoms with van der Waals surface area (Å²) in [5.74, 6) is 1.55. The predicted octanol–water partition coefficient (Wildman–Crippen LogP) is 4.53. The van der Waals surface area contributed by atoms with Crippen LogP contribution in [-0.4, -0.2) is 24.7 Å². The van der Waals surface area contributed by atoms with Crippen LogP contribution in [0.5, 0.6) is 11.5 Å². The maximum absolute atomic E-state index is 12.5. The summed E-state index contributed by atoms with van der Waals surface area (Å²) in [4.78, 5) is 12.5. The molecule has 0 aliphatic heterocycles. The lowest BCUT2D eigenvalue weighted by Crippen LogP contribution is -2.43. The molecule has 1 aliphatic carbocycles. The van der Waals surface area contributed by atoms with E-state index in [0.717, 1.165) is 24.3 Å². The topological polar surface area (TPSA) is 47.6 Å². The molecular weight excluding hydrogens is 350 g/mol. The molecule has 0 aromatic heterocycles. The van der Waals surface area contributed by atoms with E-state index in [9.17, 15) is 4.79 Å². The van der Waals surface area contributed by atoms with Gasteiger partial charge in [0.1, 0.15) is 18.1 Å². The van der Waals surface area contributed by atoms with E-state index in [1.807, 2.05) is 37.3 Å². The molecule has 0 radical (unpaired) electrons. The third-order valence-electron chi connectivity index (χ3n) is 5.39. The summed E-state index contributed by atoms with van der Waals surface area (Å²) in [7, 11) is 0. The molecule has 0 spiro atoms. The van der Waals surface area contributed by atoms with Crippen molar-refractivity contribution < 1.29 is 14.3 Å². The van der Waals surface area contributed by atoms with E-state index < -0.39 is 6.10 Å². The molecule has 0 unspecified atom stereocenters. The molecule has 0 bridgehead atoms. The first kappa shape index (κ1) is 20.2. The number of carbonyl (C=O) groups excluding carboxylic acids is 1. The number of hydrogen-bond acceptors (Lipinski definition) is 3. The number of amides is 1. The van der Waals surface area contributed by atoms with Gasteiger partial charge in [-0.1, -0.05) is 18.2 Å². The minimum Gasteiger partial charge on any atom is -0.491 e. The summed E-state index contributed by atoms with van der Waals surface area (Å²) in [5, 5.41) is 2.99. The standard InChI is InChI=1S/C24H31NO3/c1-16-12-13-21(14-17(16)2)27-15-18(3)25-24(26)19(4)28-23-11-7-9-20-8-5-6-10-22(20)23/h7,9,11-14,18-19H,5-6,8,10,15H2,1-4H3,(H,25,26)/t18-,19+/m1/s1. The third kappa shape index (κ3) is 5.06. The first-order valence-electron chi connectivity index (χ1n) is 10.2. The minimum absolute atomic E-state index is 0.107.